The quantitative estimate of drug-likeness (QED) is 0.745. The van der Waals surface area contributed by atoms with Crippen LogP contribution in [0.3, 0.4) is 0 Å². The van der Waals surface area contributed by atoms with Crippen molar-refractivity contribution in [2.75, 3.05) is 6.26 Å². The van der Waals surface area contributed by atoms with Crippen molar-refractivity contribution in [3.8, 4) is 28.9 Å². The first-order chi connectivity index (χ1) is 11.2. The van der Waals surface area contributed by atoms with E-state index in [1.54, 1.807) is 24.2 Å². The summed E-state index contributed by atoms with van der Waals surface area (Å²) in [6, 6.07) is 13.4. The number of thioether (sulfide) groups is 1. The molecule has 0 aliphatic heterocycles. The van der Waals surface area contributed by atoms with E-state index in [1.807, 2.05) is 42.7 Å². The Morgan fingerprint density at radius 1 is 1.17 bits per heavy atom. The van der Waals surface area contributed by atoms with Gasteiger partial charge < -0.3 is 5.11 Å². The maximum atomic E-state index is 10.4. The Hall–Kier alpha value is -2.78. The summed E-state index contributed by atoms with van der Waals surface area (Å²) in [6.45, 7) is 0. The van der Waals surface area contributed by atoms with E-state index in [-0.39, 0.29) is 5.88 Å². The molecule has 2 aromatic heterocycles. The van der Waals surface area contributed by atoms with Crippen molar-refractivity contribution in [3.63, 3.8) is 0 Å². The summed E-state index contributed by atoms with van der Waals surface area (Å²) in [5.41, 5.74) is 2.41. The molecule has 114 valence electrons. The lowest BCUT2D eigenvalue weighted by molar-refractivity contribution is 0.433. The normalized spacial score (nSPS) is 10.4. The van der Waals surface area contributed by atoms with Crippen LogP contribution in [0.1, 0.15) is 5.56 Å². The topological polar surface area (TPSA) is 74.7 Å². The molecule has 2 heterocycles. The van der Waals surface area contributed by atoms with Gasteiger partial charge in [0.15, 0.2) is 5.82 Å². The third kappa shape index (κ3) is 3.05. The van der Waals surface area contributed by atoms with Crippen molar-refractivity contribution < 1.29 is 5.11 Å². The molecule has 0 fully saturated rings. The van der Waals surface area contributed by atoms with Gasteiger partial charge in [-0.25, -0.2) is 4.98 Å². The summed E-state index contributed by atoms with van der Waals surface area (Å²) in [7, 11) is 0. The third-order valence-electron chi connectivity index (χ3n) is 3.47. The maximum Gasteiger partial charge on any atom is 0.223 e. The van der Waals surface area contributed by atoms with Crippen molar-refractivity contribution in [1.82, 2.24) is 14.8 Å². The smallest absolute Gasteiger partial charge is 0.223 e. The largest absolute Gasteiger partial charge is 0.493 e. The summed E-state index contributed by atoms with van der Waals surface area (Å²) in [6.07, 6.45) is 5.71. The van der Waals surface area contributed by atoms with Crippen molar-refractivity contribution in [2.45, 2.75) is 11.3 Å². The van der Waals surface area contributed by atoms with Crippen LogP contribution < -0.4 is 0 Å². The Balaban J connectivity index is 1.93. The van der Waals surface area contributed by atoms with Crippen molar-refractivity contribution in [3.05, 3.63) is 54.4 Å². The zero-order valence-electron chi connectivity index (χ0n) is 12.5. The average molecular weight is 322 g/mol. The lowest BCUT2D eigenvalue weighted by Gasteiger charge is -2.04. The second-order valence-electron chi connectivity index (χ2n) is 4.88. The van der Waals surface area contributed by atoms with Gasteiger partial charge in [0.1, 0.15) is 0 Å². The molecule has 0 spiro atoms. The molecule has 0 atom stereocenters. The minimum absolute atomic E-state index is 0.0439. The molecule has 1 aromatic carbocycles. The van der Waals surface area contributed by atoms with Gasteiger partial charge in [-0.05, 0) is 29.5 Å². The Kier molecular flexibility index (Phi) is 4.31. The SMILES string of the molecule is CSc1ccc(-n2ncc(-c3ccc(CC#N)cc3)c2O)nc1. The average Bonchev–Trinajstić information content (AvgIpc) is 2.97. The molecule has 23 heavy (non-hydrogen) atoms. The highest BCUT2D eigenvalue weighted by Gasteiger charge is 2.13. The van der Waals surface area contributed by atoms with Crippen LogP contribution in [0.15, 0.2) is 53.7 Å². The summed E-state index contributed by atoms with van der Waals surface area (Å²) in [5, 5.41) is 23.4. The van der Waals surface area contributed by atoms with Crippen LogP contribution in [-0.2, 0) is 6.42 Å². The Morgan fingerprint density at radius 3 is 2.57 bits per heavy atom. The fourth-order valence-electron chi connectivity index (χ4n) is 2.23. The first kappa shape index (κ1) is 15.1. The highest BCUT2D eigenvalue weighted by Crippen LogP contribution is 2.30. The van der Waals surface area contributed by atoms with E-state index < -0.39 is 0 Å². The van der Waals surface area contributed by atoms with Gasteiger partial charge in [-0.15, -0.1) is 11.8 Å². The Labute approximate surface area is 138 Å². The number of pyridine rings is 1. The van der Waals surface area contributed by atoms with Gasteiger partial charge in [-0.1, -0.05) is 24.3 Å². The molecule has 0 aliphatic carbocycles. The second-order valence-corrected chi connectivity index (χ2v) is 5.76. The molecular formula is C17H14N4OS. The van der Waals surface area contributed by atoms with Gasteiger partial charge in [-0.3, -0.25) is 0 Å². The molecule has 3 rings (SSSR count). The van der Waals surface area contributed by atoms with Gasteiger partial charge in [0.05, 0.1) is 24.3 Å². The van der Waals surface area contributed by atoms with E-state index in [0.717, 1.165) is 16.0 Å². The summed E-state index contributed by atoms with van der Waals surface area (Å²) in [5.74, 6) is 0.607. The van der Waals surface area contributed by atoms with Gasteiger partial charge in [-0.2, -0.15) is 15.0 Å². The first-order valence-electron chi connectivity index (χ1n) is 6.96. The van der Waals surface area contributed by atoms with Gasteiger partial charge >= 0.3 is 0 Å². The van der Waals surface area contributed by atoms with Crippen LogP contribution in [0.25, 0.3) is 16.9 Å². The standard InChI is InChI=1S/C17H14N4OS/c1-23-14-6-7-16(19-10-14)21-17(22)15(11-20-21)13-4-2-12(3-5-13)8-9-18/h2-7,10-11,22H,8H2,1H3. The monoisotopic (exact) mass is 322 g/mol. The van der Waals surface area contributed by atoms with Crippen molar-refractivity contribution in [2.24, 2.45) is 0 Å². The molecule has 6 heteroatoms. The molecule has 0 aliphatic rings. The number of rotatable bonds is 4. The van der Waals surface area contributed by atoms with E-state index in [1.165, 1.54) is 4.68 Å². The second kappa shape index (κ2) is 6.55. The molecule has 0 bridgehead atoms. The number of aromatic hydroxyl groups is 1. The van der Waals surface area contributed by atoms with Crippen molar-refractivity contribution in [1.29, 1.82) is 5.26 Å². The van der Waals surface area contributed by atoms with Crippen LogP contribution in [-0.4, -0.2) is 26.1 Å². The Morgan fingerprint density at radius 2 is 1.96 bits per heavy atom. The number of nitrogens with zero attached hydrogens (tertiary/aromatic N) is 4. The van der Waals surface area contributed by atoms with Crippen LogP contribution in [0, 0.1) is 11.3 Å². The number of hydrogen-bond donors (Lipinski definition) is 1. The Bertz CT molecular complexity index is 848. The summed E-state index contributed by atoms with van der Waals surface area (Å²) in [4.78, 5) is 5.36. The predicted octanol–water partition coefficient (Wildman–Crippen LogP) is 3.43. The predicted molar refractivity (Wildman–Crippen MR) is 89.6 cm³/mol. The van der Waals surface area contributed by atoms with Crippen LogP contribution in [0.4, 0.5) is 0 Å². The zero-order chi connectivity index (χ0) is 16.2. The molecule has 0 radical (unpaired) electrons. The number of nitriles is 1. The number of hydrogen-bond acceptors (Lipinski definition) is 5. The highest BCUT2D eigenvalue weighted by molar-refractivity contribution is 7.98. The van der Waals surface area contributed by atoms with Gasteiger partial charge in [0, 0.05) is 11.1 Å². The van der Waals surface area contributed by atoms with Crippen LogP contribution >= 0.6 is 11.8 Å². The van der Waals surface area contributed by atoms with E-state index >= 15 is 0 Å². The molecule has 0 saturated heterocycles. The zero-order valence-corrected chi connectivity index (χ0v) is 13.3. The highest BCUT2D eigenvalue weighted by atomic mass is 32.2. The van der Waals surface area contributed by atoms with E-state index in [9.17, 15) is 5.11 Å². The van der Waals surface area contributed by atoms with E-state index in [4.69, 9.17) is 5.26 Å². The molecule has 3 aromatic rings. The molecule has 5 nitrogen and oxygen atoms in total. The molecule has 0 unspecified atom stereocenters. The van der Waals surface area contributed by atoms with E-state index in [2.05, 4.69) is 16.2 Å². The minimum Gasteiger partial charge on any atom is -0.493 e. The summed E-state index contributed by atoms with van der Waals surface area (Å²) < 4.78 is 1.41. The molecule has 0 saturated carbocycles. The fourth-order valence-corrected chi connectivity index (χ4v) is 2.59. The fraction of sp³-hybridized carbons (Fsp3) is 0.118. The van der Waals surface area contributed by atoms with E-state index in [0.29, 0.717) is 17.8 Å². The number of benzene rings is 1. The van der Waals surface area contributed by atoms with Crippen LogP contribution in [0.5, 0.6) is 5.88 Å². The third-order valence-corrected chi connectivity index (χ3v) is 4.18. The minimum atomic E-state index is 0.0439. The first-order valence-corrected chi connectivity index (χ1v) is 8.19. The summed E-state index contributed by atoms with van der Waals surface area (Å²) >= 11 is 1.61. The van der Waals surface area contributed by atoms with Gasteiger partial charge in [0.2, 0.25) is 5.88 Å². The van der Waals surface area contributed by atoms with Gasteiger partial charge in [0.25, 0.3) is 0 Å². The lowest BCUT2D eigenvalue weighted by Crippen LogP contribution is -1.98. The maximum absolute atomic E-state index is 10.4. The molecule has 1 N–H and O–H groups in total. The molecular weight excluding hydrogens is 308 g/mol. The molecule has 0 amide bonds. The van der Waals surface area contributed by atoms with Crippen molar-refractivity contribution >= 4 is 11.8 Å². The number of aromatic nitrogens is 3. The lowest BCUT2D eigenvalue weighted by atomic mass is 10.1. The van der Waals surface area contributed by atoms with Crippen LogP contribution in [0.2, 0.25) is 0 Å².